The van der Waals surface area contributed by atoms with Gasteiger partial charge in [-0.05, 0) is 31.8 Å². The molecule has 1 aromatic rings. The lowest BCUT2D eigenvalue weighted by Crippen LogP contribution is -2.56. The van der Waals surface area contributed by atoms with E-state index in [-0.39, 0.29) is 19.6 Å². The van der Waals surface area contributed by atoms with E-state index in [2.05, 4.69) is 4.90 Å². The Morgan fingerprint density at radius 1 is 1.16 bits per heavy atom. The van der Waals surface area contributed by atoms with Gasteiger partial charge in [0.15, 0.2) is 0 Å². The monoisotopic (exact) mass is 351 g/mol. The number of amides is 2. The molecule has 0 unspecified atom stereocenters. The average molecular weight is 351 g/mol. The van der Waals surface area contributed by atoms with Crippen molar-refractivity contribution in [3.05, 3.63) is 29.8 Å². The minimum Gasteiger partial charge on any atom is -0.494 e. The van der Waals surface area contributed by atoms with Gasteiger partial charge in [0.1, 0.15) is 5.75 Å². The molecular weight excluding hydrogens is 326 g/mol. The van der Waals surface area contributed by atoms with Gasteiger partial charge in [-0.15, -0.1) is 0 Å². The molecule has 0 aromatic heterocycles. The highest BCUT2D eigenvalue weighted by atomic mass is 16.5. The van der Waals surface area contributed by atoms with E-state index in [0.717, 1.165) is 12.3 Å². The van der Waals surface area contributed by atoms with Crippen molar-refractivity contribution in [3.63, 3.8) is 0 Å². The van der Waals surface area contributed by atoms with Crippen LogP contribution in [-0.4, -0.2) is 83.5 Å². The zero-order valence-corrected chi connectivity index (χ0v) is 14.6. The van der Waals surface area contributed by atoms with Crippen molar-refractivity contribution in [3.8, 4) is 5.75 Å². The Hall–Kier alpha value is -2.48. The summed E-state index contributed by atoms with van der Waals surface area (Å²) in [4.78, 5) is 27.0. The number of ether oxygens (including phenoxy) is 1. The predicted molar refractivity (Wildman–Crippen MR) is 92.1 cm³/mol. The van der Waals surface area contributed by atoms with Crippen molar-refractivity contribution in [1.82, 2.24) is 14.7 Å². The van der Waals surface area contributed by atoms with Crippen LogP contribution < -0.4 is 4.74 Å². The lowest BCUT2D eigenvalue weighted by Gasteiger charge is -2.38. The van der Waals surface area contributed by atoms with Gasteiger partial charge in [0.05, 0.1) is 12.6 Å². The van der Waals surface area contributed by atoms with E-state index in [1.54, 1.807) is 0 Å². The first-order valence-electron chi connectivity index (χ1n) is 8.20. The van der Waals surface area contributed by atoms with Gasteiger partial charge in [-0.1, -0.05) is 12.1 Å². The molecule has 0 radical (unpaired) electrons. The Bertz CT molecular complexity index is 590. The van der Waals surface area contributed by atoms with Gasteiger partial charge < -0.3 is 29.6 Å². The van der Waals surface area contributed by atoms with Crippen LogP contribution in [0.15, 0.2) is 24.3 Å². The Morgan fingerprint density at radius 3 is 2.40 bits per heavy atom. The molecule has 1 saturated heterocycles. The molecule has 1 aliphatic rings. The first-order chi connectivity index (χ1) is 11.9. The maximum atomic E-state index is 11.3. The van der Waals surface area contributed by atoms with Gasteiger partial charge in [0, 0.05) is 32.6 Å². The molecular formula is C17H25N3O5. The lowest BCUT2D eigenvalue weighted by molar-refractivity contribution is 0.0562. The van der Waals surface area contributed by atoms with Crippen LogP contribution in [0.1, 0.15) is 12.0 Å². The number of piperazine rings is 1. The van der Waals surface area contributed by atoms with E-state index >= 15 is 0 Å². The zero-order valence-electron chi connectivity index (χ0n) is 14.6. The molecule has 25 heavy (non-hydrogen) atoms. The van der Waals surface area contributed by atoms with Crippen LogP contribution in [-0.2, 0) is 6.54 Å². The van der Waals surface area contributed by atoms with Gasteiger partial charge in [0.25, 0.3) is 0 Å². The van der Waals surface area contributed by atoms with Crippen molar-refractivity contribution in [2.24, 2.45) is 0 Å². The molecule has 1 heterocycles. The molecule has 1 fully saturated rings. The summed E-state index contributed by atoms with van der Waals surface area (Å²) < 4.78 is 5.69. The summed E-state index contributed by atoms with van der Waals surface area (Å²) in [5, 5.41) is 18.4. The van der Waals surface area contributed by atoms with Gasteiger partial charge in [-0.25, -0.2) is 9.59 Å². The molecule has 1 aliphatic heterocycles. The van der Waals surface area contributed by atoms with Crippen LogP contribution in [0.4, 0.5) is 9.59 Å². The van der Waals surface area contributed by atoms with E-state index in [0.29, 0.717) is 13.0 Å². The SMILES string of the molecule is CN(C)Cc1ccc(OCC[C@@H]2CN(C(=O)O)CCN2C(=O)O)cc1. The summed E-state index contributed by atoms with van der Waals surface area (Å²) in [6, 6.07) is 7.36. The van der Waals surface area contributed by atoms with E-state index in [9.17, 15) is 14.7 Å². The first-order valence-corrected chi connectivity index (χ1v) is 8.20. The molecule has 8 nitrogen and oxygen atoms in total. The van der Waals surface area contributed by atoms with E-state index in [4.69, 9.17) is 9.84 Å². The summed E-state index contributed by atoms with van der Waals surface area (Å²) in [5.41, 5.74) is 1.18. The summed E-state index contributed by atoms with van der Waals surface area (Å²) in [6.45, 7) is 1.74. The maximum Gasteiger partial charge on any atom is 0.407 e. The quantitative estimate of drug-likeness (QED) is 0.812. The number of carboxylic acid groups (broad SMARTS) is 2. The van der Waals surface area contributed by atoms with Crippen LogP contribution in [0.3, 0.4) is 0 Å². The molecule has 2 rings (SSSR count). The van der Waals surface area contributed by atoms with Gasteiger partial charge in [-0.2, -0.15) is 0 Å². The highest BCUT2D eigenvalue weighted by Crippen LogP contribution is 2.17. The first kappa shape index (κ1) is 18.9. The number of rotatable bonds is 6. The van der Waals surface area contributed by atoms with Crippen molar-refractivity contribution in [1.29, 1.82) is 0 Å². The summed E-state index contributed by atoms with van der Waals surface area (Å²) in [6.07, 6.45) is -1.61. The van der Waals surface area contributed by atoms with Crippen molar-refractivity contribution >= 4 is 12.2 Å². The Labute approximate surface area is 147 Å². The van der Waals surface area contributed by atoms with E-state index in [1.807, 2.05) is 38.4 Å². The van der Waals surface area contributed by atoms with Crippen molar-refractivity contribution < 1.29 is 24.5 Å². The molecule has 0 spiro atoms. The molecule has 0 aliphatic carbocycles. The average Bonchev–Trinajstić information content (AvgIpc) is 2.55. The number of nitrogens with zero attached hydrogens (tertiary/aromatic N) is 3. The Morgan fingerprint density at radius 2 is 1.84 bits per heavy atom. The number of carbonyl (C=O) groups is 2. The Balaban J connectivity index is 1.87. The highest BCUT2D eigenvalue weighted by molar-refractivity contribution is 5.68. The topological polar surface area (TPSA) is 93.6 Å². The fourth-order valence-corrected chi connectivity index (χ4v) is 2.90. The summed E-state index contributed by atoms with van der Waals surface area (Å²) in [7, 11) is 4.01. The molecule has 2 amide bonds. The van der Waals surface area contributed by atoms with E-state index < -0.39 is 18.2 Å². The Kier molecular flexibility index (Phi) is 6.46. The van der Waals surface area contributed by atoms with Gasteiger partial charge in [-0.3, -0.25) is 0 Å². The third kappa shape index (κ3) is 5.53. The smallest absolute Gasteiger partial charge is 0.407 e. The zero-order chi connectivity index (χ0) is 18.4. The van der Waals surface area contributed by atoms with Crippen LogP contribution in [0.2, 0.25) is 0 Å². The van der Waals surface area contributed by atoms with Crippen LogP contribution in [0, 0.1) is 0 Å². The third-order valence-electron chi connectivity index (χ3n) is 4.14. The molecule has 0 saturated carbocycles. The van der Waals surface area contributed by atoms with Gasteiger partial charge in [0.2, 0.25) is 0 Å². The second-order valence-corrected chi connectivity index (χ2v) is 6.38. The number of benzene rings is 1. The summed E-state index contributed by atoms with van der Waals surface area (Å²) in [5.74, 6) is 0.718. The second-order valence-electron chi connectivity index (χ2n) is 6.38. The largest absolute Gasteiger partial charge is 0.494 e. The standard InChI is InChI=1S/C17H25N3O5/c1-18(2)11-13-3-5-15(6-4-13)25-10-7-14-12-19(16(21)22)8-9-20(14)17(23)24/h3-6,14H,7-12H2,1-2H3,(H,21,22)(H,23,24)/t14-/m1/s1. The molecule has 1 aromatic carbocycles. The van der Waals surface area contributed by atoms with Crippen LogP contribution in [0.5, 0.6) is 5.75 Å². The molecule has 2 N–H and O–H groups in total. The van der Waals surface area contributed by atoms with Gasteiger partial charge >= 0.3 is 12.2 Å². The van der Waals surface area contributed by atoms with E-state index in [1.165, 1.54) is 15.4 Å². The fourth-order valence-electron chi connectivity index (χ4n) is 2.90. The number of hydrogen-bond acceptors (Lipinski definition) is 4. The fraction of sp³-hybridized carbons (Fsp3) is 0.529. The normalized spacial score (nSPS) is 17.6. The lowest BCUT2D eigenvalue weighted by atomic mass is 10.1. The predicted octanol–water partition coefficient (Wildman–Crippen LogP) is 1.86. The molecule has 8 heteroatoms. The maximum absolute atomic E-state index is 11.3. The second kappa shape index (κ2) is 8.57. The minimum absolute atomic E-state index is 0.173. The van der Waals surface area contributed by atoms with Crippen molar-refractivity contribution in [2.75, 3.05) is 40.3 Å². The molecule has 138 valence electrons. The summed E-state index contributed by atoms with van der Waals surface area (Å²) >= 11 is 0. The number of hydrogen-bond donors (Lipinski definition) is 2. The highest BCUT2D eigenvalue weighted by Gasteiger charge is 2.32. The van der Waals surface area contributed by atoms with Crippen LogP contribution in [0.25, 0.3) is 0 Å². The van der Waals surface area contributed by atoms with Crippen LogP contribution >= 0.6 is 0 Å². The molecule has 0 bridgehead atoms. The minimum atomic E-state index is -1.02. The van der Waals surface area contributed by atoms with Crippen molar-refractivity contribution in [2.45, 2.75) is 19.0 Å². The molecule has 1 atom stereocenters. The third-order valence-corrected chi connectivity index (χ3v) is 4.14.